The number of urea groups is 1. The number of aryl methyl sites for hydroxylation is 1. The molecule has 0 radical (unpaired) electrons. The van der Waals surface area contributed by atoms with Crippen molar-refractivity contribution in [3.8, 4) is 5.75 Å². The molecule has 0 unspecified atom stereocenters. The molecule has 0 aliphatic carbocycles. The number of rotatable bonds is 4. The highest BCUT2D eigenvalue weighted by atomic mass is 32.1. The first kappa shape index (κ1) is 18.2. The van der Waals surface area contributed by atoms with Crippen molar-refractivity contribution >= 4 is 35.0 Å². The Labute approximate surface area is 150 Å². The second-order valence-electron chi connectivity index (χ2n) is 5.05. The van der Waals surface area contributed by atoms with Gasteiger partial charge in [-0.25, -0.2) is 10.2 Å². The van der Waals surface area contributed by atoms with Crippen molar-refractivity contribution in [2.45, 2.75) is 6.92 Å². The molecule has 0 aliphatic rings. The Bertz CT molecular complexity index is 735. The first-order valence-corrected chi connectivity index (χ1v) is 7.85. The van der Waals surface area contributed by atoms with E-state index >= 15 is 0 Å². The van der Waals surface area contributed by atoms with Gasteiger partial charge in [0.2, 0.25) is 0 Å². The van der Waals surface area contributed by atoms with Crippen molar-refractivity contribution in [2.75, 3.05) is 11.9 Å². The Morgan fingerprint density at radius 1 is 1.00 bits per heavy atom. The zero-order chi connectivity index (χ0) is 18.1. The summed E-state index contributed by atoms with van der Waals surface area (Å²) in [6.07, 6.45) is 0. The largest absolute Gasteiger partial charge is 0.484 e. The van der Waals surface area contributed by atoms with Crippen LogP contribution >= 0.6 is 12.2 Å². The fourth-order valence-corrected chi connectivity index (χ4v) is 1.94. The number of amides is 3. The SMILES string of the molecule is Cc1ccc(OCC(=O)NC(=S)NNC(=O)Nc2ccccc2)cc1. The van der Waals surface area contributed by atoms with Gasteiger partial charge in [0.25, 0.3) is 5.91 Å². The van der Waals surface area contributed by atoms with Crippen LogP contribution in [0.25, 0.3) is 0 Å². The van der Waals surface area contributed by atoms with Crippen LogP contribution in [0.15, 0.2) is 54.6 Å². The van der Waals surface area contributed by atoms with Crippen LogP contribution in [0.5, 0.6) is 5.75 Å². The van der Waals surface area contributed by atoms with Gasteiger partial charge in [-0.05, 0) is 43.4 Å². The summed E-state index contributed by atoms with van der Waals surface area (Å²) in [4.78, 5) is 23.4. The molecule has 7 nitrogen and oxygen atoms in total. The highest BCUT2D eigenvalue weighted by molar-refractivity contribution is 7.80. The molecule has 0 bridgehead atoms. The van der Waals surface area contributed by atoms with Gasteiger partial charge in [0.15, 0.2) is 11.7 Å². The lowest BCUT2D eigenvalue weighted by Crippen LogP contribution is -2.50. The van der Waals surface area contributed by atoms with Crippen LogP contribution in [-0.2, 0) is 4.79 Å². The van der Waals surface area contributed by atoms with Crippen LogP contribution in [0.2, 0.25) is 0 Å². The second kappa shape index (κ2) is 9.24. The number of carbonyl (C=O) groups excluding carboxylic acids is 2. The Balaban J connectivity index is 1.66. The van der Waals surface area contributed by atoms with Crippen molar-refractivity contribution in [3.63, 3.8) is 0 Å². The molecule has 2 aromatic carbocycles. The zero-order valence-corrected chi connectivity index (χ0v) is 14.4. The number of hydrogen-bond acceptors (Lipinski definition) is 4. The molecule has 4 N–H and O–H groups in total. The number of nitrogens with one attached hydrogen (secondary N) is 4. The summed E-state index contributed by atoms with van der Waals surface area (Å²) in [7, 11) is 0. The van der Waals surface area contributed by atoms with E-state index in [9.17, 15) is 9.59 Å². The van der Waals surface area contributed by atoms with E-state index in [2.05, 4.69) is 21.5 Å². The number of hydrogen-bond donors (Lipinski definition) is 4. The molecule has 25 heavy (non-hydrogen) atoms. The molecule has 0 atom stereocenters. The minimum absolute atomic E-state index is 0.0410. The van der Waals surface area contributed by atoms with Crippen LogP contribution < -0.4 is 26.2 Å². The summed E-state index contributed by atoms with van der Waals surface area (Å²) >= 11 is 4.92. The highest BCUT2D eigenvalue weighted by Gasteiger charge is 2.07. The second-order valence-corrected chi connectivity index (χ2v) is 5.46. The summed E-state index contributed by atoms with van der Waals surface area (Å²) in [5.74, 6) is 0.142. The van der Waals surface area contributed by atoms with Gasteiger partial charge in [0.1, 0.15) is 5.75 Å². The monoisotopic (exact) mass is 358 g/mol. The predicted molar refractivity (Wildman–Crippen MR) is 99.1 cm³/mol. The molecule has 130 valence electrons. The maximum atomic E-state index is 11.7. The maximum absolute atomic E-state index is 11.7. The number of thiocarbonyl (C=S) groups is 1. The van der Waals surface area contributed by atoms with Gasteiger partial charge in [-0.3, -0.25) is 15.5 Å². The van der Waals surface area contributed by atoms with Gasteiger partial charge in [0, 0.05) is 5.69 Å². The Kier molecular flexibility index (Phi) is 6.73. The van der Waals surface area contributed by atoms with E-state index in [-0.39, 0.29) is 11.7 Å². The molecule has 0 fully saturated rings. The van der Waals surface area contributed by atoms with E-state index in [1.807, 2.05) is 25.1 Å². The number of ether oxygens (including phenoxy) is 1. The van der Waals surface area contributed by atoms with Crippen molar-refractivity contribution in [1.29, 1.82) is 0 Å². The van der Waals surface area contributed by atoms with E-state index in [1.165, 1.54) is 0 Å². The van der Waals surface area contributed by atoms with Gasteiger partial charge in [0.05, 0.1) is 0 Å². The van der Waals surface area contributed by atoms with E-state index in [0.29, 0.717) is 11.4 Å². The third-order valence-corrected chi connectivity index (χ3v) is 3.17. The molecule has 3 amide bonds. The fourth-order valence-electron chi connectivity index (χ4n) is 1.77. The summed E-state index contributed by atoms with van der Waals surface area (Å²) in [6, 6.07) is 15.7. The van der Waals surface area contributed by atoms with Crippen LogP contribution in [0.4, 0.5) is 10.5 Å². The topological polar surface area (TPSA) is 91.5 Å². The first-order chi connectivity index (χ1) is 12.0. The van der Waals surface area contributed by atoms with Crippen LogP contribution in [-0.4, -0.2) is 23.7 Å². The third kappa shape index (κ3) is 6.88. The molecule has 0 saturated heterocycles. The Hall–Kier alpha value is -3.13. The molecule has 8 heteroatoms. The number of benzene rings is 2. The summed E-state index contributed by atoms with van der Waals surface area (Å²) in [5, 5.41) is 4.95. The molecule has 0 aliphatic heterocycles. The lowest BCUT2D eigenvalue weighted by molar-refractivity contribution is -0.121. The van der Waals surface area contributed by atoms with E-state index in [1.54, 1.807) is 36.4 Å². The quantitative estimate of drug-likeness (QED) is 0.496. The fraction of sp³-hybridized carbons (Fsp3) is 0.118. The van der Waals surface area contributed by atoms with Crippen molar-refractivity contribution < 1.29 is 14.3 Å². The molecule has 0 aromatic heterocycles. The summed E-state index contributed by atoms with van der Waals surface area (Å²) in [6.45, 7) is 1.77. The van der Waals surface area contributed by atoms with Crippen LogP contribution in [0.3, 0.4) is 0 Å². The smallest absolute Gasteiger partial charge is 0.337 e. The average Bonchev–Trinajstić information content (AvgIpc) is 2.60. The van der Waals surface area contributed by atoms with Crippen LogP contribution in [0, 0.1) is 6.92 Å². The maximum Gasteiger partial charge on any atom is 0.337 e. The summed E-state index contributed by atoms with van der Waals surface area (Å²) < 4.78 is 5.33. The minimum Gasteiger partial charge on any atom is -0.484 e. The molecule has 0 saturated carbocycles. The zero-order valence-electron chi connectivity index (χ0n) is 13.5. The van der Waals surface area contributed by atoms with Gasteiger partial charge >= 0.3 is 6.03 Å². The average molecular weight is 358 g/mol. The van der Waals surface area contributed by atoms with E-state index in [4.69, 9.17) is 17.0 Å². The van der Waals surface area contributed by atoms with E-state index < -0.39 is 11.9 Å². The molecule has 2 rings (SSSR count). The first-order valence-electron chi connectivity index (χ1n) is 7.44. The number of para-hydroxylation sites is 1. The van der Waals surface area contributed by atoms with Gasteiger partial charge in [-0.2, -0.15) is 0 Å². The normalized spacial score (nSPS) is 9.64. The van der Waals surface area contributed by atoms with Crippen molar-refractivity contribution in [3.05, 3.63) is 60.2 Å². The lowest BCUT2D eigenvalue weighted by Gasteiger charge is -2.12. The lowest BCUT2D eigenvalue weighted by atomic mass is 10.2. The third-order valence-electron chi connectivity index (χ3n) is 2.97. The number of anilines is 1. The molecule has 2 aromatic rings. The Morgan fingerprint density at radius 3 is 2.36 bits per heavy atom. The minimum atomic E-state index is -0.515. The molecular weight excluding hydrogens is 340 g/mol. The van der Waals surface area contributed by atoms with Crippen LogP contribution in [0.1, 0.15) is 5.56 Å². The van der Waals surface area contributed by atoms with Gasteiger partial charge in [-0.15, -0.1) is 0 Å². The molecular formula is C17H18N4O3S. The van der Waals surface area contributed by atoms with Gasteiger partial charge < -0.3 is 10.1 Å². The predicted octanol–water partition coefficient (Wildman–Crippen LogP) is 2.10. The molecule has 0 heterocycles. The summed E-state index contributed by atoms with van der Waals surface area (Å²) in [5.41, 5.74) is 6.47. The highest BCUT2D eigenvalue weighted by Crippen LogP contribution is 2.10. The number of hydrazine groups is 1. The van der Waals surface area contributed by atoms with Gasteiger partial charge in [-0.1, -0.05) is 35.9 Å². The molecule has 0 spiro atoms. The Morgan fingerprint density at radius 2 is 1.68 bits per heavy atom. The van der Waals surface area contributed by atoms with Crippen molar-refractivity contribution in [1.82, 2.24) is 16.2 Å². The van der Waals surface area contributed by atoms with Crippen molar-refractivity contribution in [2.24, 2.45) is 0 Å². The van der Waals surface area contributed by atoms with E-state index in [0.717, 1.165) is 5.56 Å². The number of carbonyl (C=O) groups is 2. The standard InChI is InChI=1S/C17H18N4O3S/c1-12-7-9-14(10-8-12)24-11-15(22)19-17(25)21-20-16(23)18-13-5-3-2-4-6-13/h2-10H,11H2,1H3,(H2,18,20,23)(H2,19,21,22,25).